The monoisotopic (exact) mass is 689 g/mol. The van der Waals surface area contributed by atoms with E-state index in [1.54, 1.807) is 12.1 Å². The van der Waals surface area contributed by atoms with Crippen LogP contribution in [0.25, 0.3) is 33.4 Å². The van der Waals surface area contributed by atoms with Gasteiger partial charge >= 0.3 is 16.1 Å². The number of carbonyl (C=O) groups excluding carboxylic acids is 1. The van der Waals surface area contributed by atoms with Gasteiger partial charge in [-0.3, -0.25) is 24.1 Å². The predicted molar refractivity (Wildman–Crippen MR) is 141 cm³/mol. The lowest BCUT2D eigenvalue weighted by molar-refractivity contribution is -2.00. The number of carboxylic acids is 1. The summed E-state index contributed by atoms with van der Waals surface area (Å²) in [6, 6.07) is 11.3. The average molecular weight is 690 g/mol. The minimum absolute atomic E-state index is 0.0363. The fraction of sp³-hybridized carbons (Fsp3) is 0.160. The van der Waals surface area contributed by atoms with Gasteiger partial charge in [-0.2, -0.15) is 16.8 Å². The van der Waals surface area contributed by atoms with Crippen LogP contribution in [0.4, 0.5) is 5.69 Å². The number of fused-ring (bicyclic) bond motifs is 2. The molecule has 2 aromatic carbocycles. The van der Waals surface area contributed by atoms with Gasteiger partial charge in [0.05, 0.1) is 5.69 Å². The Hall–Kier alpha value is -4.18. The quantitative estimate of drug-likeness (QED) is 0.0671. The van der Waals surface area contributed by atoms with Crippen LogP contribution in [-0.2, 0) is 25.0 Å². The van der Waals surface area contributed by atoms with Crippen LogP contribution in [-0.4, -0.2) is 61.4 Å². The molecular weight excluding hydrogens is 666 g/mol. The topological polar surface area (TPSA) is 323 Å². The van der Waals surface area contributed by atoms with Crippen molar-refractivity contribution in [1.29, 1.82) is 0 Å². The second kappa shape index (κ2) is 13.0. The van der Waals surface area contributed by atoms with E-state index in [2.05, 4.69) is 0 Å². The maximum Gasteiger partial charge on any atom is 0.304 e. The minimum atomic E-state index is -5.03. The van der Waals surface area contributed by atoms with E-state index >= 15 is 0 Å². The normalized spacial score (nSPS) is 12.1. The largest absolute Gasteiger partial charge is 0.481 e. The summed E-state index contributed by atoms with van der Waals surface area (Å²) in [6.45, 7) is 0.109. The van der Waals surface area contributed by atoms with Crippen LogP contribution in [0.5, 0.6) is 0 Å². The lowest BCUT2D eigenvalue weighted by Crippen LogP contribution is -2.68. The molecule has 17 nitrogen and oxygen atoms in total. The van der Waals surface area contributed by atoms with Crippen molar-refractivity contribution in [2.45, 2.75) is 22.6 Å². The van der Waals surface area contributed by atoms with Crippen molar-refractivity contribution in [3.8, 4) is 22.5 Å². The number of carbonyl (C=O) groups is 2. The first-order valence-electron chi connectivity index (χ1n) is 12.2. The zero-order valence-electron chi connectivity index (χ0n) is 22.9. The molecule has 0 radical (unpaired) electrons. The van der Waals surface area contributed by atoms with E-state index in [0.717, 1.165) is 0 Å². The van der Waals surface area contributed by atoms with Gasteiger partial charge in [0, 0.05) is 48.2 Å². The number of anilines is 1. The molecule has 1 amide bonds. The van der Waals surface area contributed by atoms with E-state index in [1.807, 2.05) is 0 Å². The summed E-state index contributed by atoms with van der Waals surface area (Å²) >= 11 is 0. The highest BCUT2D eigenvalue weighted by molar-refractivity contribution is 7.86. The molecule has 4 rings (SSSR count). The van der Waals surface area contributed by atoms with Gasteiger partial charge in [-0.1, -0.05) is 18.2 Å². The summed E-state index contributed by atoms with van der Waals surface area (Å²) in [6.07, 6.45) is 0.0260. The Balaban J connectivity index is 0.00000102. The summed E-state index contributed by atoms with van der Waals surface area (Å²) in [5.74, 6) is -2.08. The highest BCUT2D eigenvalue weighted by Gasteiger charge is 2.33. The molecule has 1 heterocycles. The standard InChI is InChI=1S/C25H23N3O10S2.ClHO4/c1-28(12-4-7-19(29)30)25(31)14-6-3-2-5-13(14)20-15-8-10-17(26)23(39(32,33)34)21(15)38-22-16(20)9-11-18(27)24(22)40(35,36)37;2-1(3,4)5/h2-3,5-6,8-11,26H,4,7,12,27H2,1H3,(H,29,30)(H,32,33,34)(H,35,36,37);(H,2,3,4,5). The number of hydrogen-bond acceptors (Lipinski definition) is 12. The number of aliphatic carboxylic acids is 1. The number of nitrogen functional groups attached to an aromatic ring is 1. The SMILES string of the molecule is CN(CCCC(=O)O)C(=O)c1ccccc1-c1c2ccc(=[NH2+])c(S(=O)(=O)O)c-2oc2c(S(=O)(=O)O)c(N)ccc12.[O-][Cl+3]([O-])([O-])[O-]. The van der Waals surface area contributed by atoms with E-state index < -0.39 is 74.5 Å². The molecular formula is C25H24ClN3O14S2. The molecule has 0 fully saturated rings. The first-order chi connectivity index (χ1) is 20.6. The molecule has 0 atom stereocenters. The fourth-order valence-electron chi connectivity index (χ4n) is 4.48. The molecule has 1 aliphatic carbocycles. The molecule has 0 spiro atoms. The van der Waals surface area contributed by atoms with Crippen molar-refractivity contribution < 1.29 is 79.3 Å². The van der Waals surface area contributed by atoms with Crippen molar-refractivity contribution in [1.82, 2.24) is 4.90 Å². The second-order valence-corrected chi connectivity index (χ2v) is 12.8. The second-order valence-electron chi connectivity index (χ2n) is 9.30. The van der Waals surface area contributed by atoms with Crippen LogP contribution in [0.3, 0.4) is 0 Å². The van der Waals surface area contributed by atoms with Crippen LogP contribution in [0.15, 0.2) is 62.7 Å². The first kappa shape index (κ1) is 35.3. The fourth-order valence-corrected chi connectivity index (χ4v) is 5.99. The van der Waals surface area contributed by atoms with E-state index in [9.17, 15) is 35.5 Å². The van der Waals surface area contributed by atoms with Crippen molar-refractivity contribution in [2.75, 3.05) is 19.3 Å². The number of carboxylic acid groups (broad SMARTS) is 1. The summed E-state index contributed by atoms with van der Waals surface area (Å²) in [5, 5.41) is 14.4. The van der Waals surface area contributed by atoms with Crippen molar-refractivity contribution >= 4 is 48.8 Å². The van der Waals surface area contributed by atoms with Gasteiger partial charge in [0.1, 0.15) is 0 Å². The third-order valence-corrected chi connectivity index (χ3v) is 8.08. The minimum Gasteiger partial charge on any atom is -0.481 e. The van der Waals surface area contributed by atoms with Gasteiger partial charge in [-0.25, -0.2) is 18.6 Å². The lowest BCUT2D eigenvalue weighted by atomic mass is 9.90. The Bertz CT molecular complexity index is 2030. The van der Waals surface area contributed by atoms with Crippen LogP contribution in [0.1, 0.15) is 23.2 Å². The predicted octanol–water partition coefficient (Wildman–Crippen LogP) is -3.88. The molecule has 0 saturated carbocycles. The molecule has 2 aromatic rings. The van der Waals surface area contributed by atoms with Crippen LogP contribution in [0.2, 0.25) is 0 Å². The van der Waals surface area contributed by atoms with Crippen LogP contribution >= 0.6 is 0 Å². The van der Waals surface area contributed by atoms with Crippen molar-refractivity contribution in [2.24, 2.45) is 0 Å². The van der Waals surface area contributed by atoms with Gasteiger partial charge < -0.3 is 20.2 Å². The van der Waals surface area contributed by atoms with Gasteiger partial charge in [0.15, 0.2) is 16.2 Å². The highest BCUT2D eigenvalue weighted by Crippen LogP contribution is 2.45. The molecule has 0 bridgehead atoms. The number of halogens is 1. The molecule has 0 aromatic heterocycles. The molecule has 20 heteroatoms. The molecule has 7 N–H and O–H groups in total. The van der Waals surface area contributed by atoms with E-state index in [-0.39, 0.29) is 47.0 Å². The molecule has 242 valence electrons. The van der Waals surface area contributed by atoms with Crippen LogP contribution < -0.4 is 35.1 Å². The maximum absolute atomic E-state index is 13.5. The summed E-state index contributed by atoms with van der Waals surface area (Å²) in [5.41, 5.74) is 5.36. The van der Waals surface area contributed by atoms with Gasteiger partial charge in [-0.15, -0.1) is 10.2 Å². The Morgan fingerprint density at radius 3 is 2.07 bits per heavy atom. The number of hydrogen-bond donors (Lipinski definition) is 5. The number of amides is 1. The maximum atomic E-state index is 13.5. The Labute approximate surface area is 256 Å². The summed E-state index contributed by atoms with van der Waals surface area (Å²) < 4.78 is 109. The van der Waals surface area contributed by atoms with Crippen molar-refractivity contribution in [3.63, 3.8) is 0 Å². The zero-order chi connectivity index (χ0) is 34.1. The molecule has 45 heavy (non-hydrogen) atoms. The lowest BCUT2D eigenvalue weighted by Gasteiger charge is -2.22. The van der Waals surface area contributed by atoms with Crippen LogP contribution in [0, 0.1) is 10.2 Å². The van der Waals surface area contributed by atoms with Gasteiger partial charge in [-0.05, 0) is 36.2 Å². The first-order valence-corrected chi connectivity index (χ1v) is 16.3. The smallest absolute Gasteiger partial charge is 0.304 e. The molecule has 0 saturated heterocycles. The van der Waals surface area contributed by atoms with E-state index in [4.69, 9.17) is 39.3 Å². The third-order valence-electron chi connectivity index (χ3n) is 6.20. The Morgan fingerprint density at radius 1 is 0.933 bits per heavy atom. The average Bonchev–Trinajstić information content (AvgIpc) is 2.88. The Morgan fingerprint density at radius 2 is 1.51 bits per heavy atom. The van der Waals surface area contributed by atoms with E-state index in [1.165, 1.54) is 48.3 Å². The number of nitrogens with two attached hydrogens (primary N) is 2. The van der Waals surface area contributed by atoms with Crippen molar-refractivity contribution in [3.05, 3.63) is 59.5 Å². The molecule has 2 aliphatic rings. The molecule has 1 aliphatic heterocycles. The summed E-state index contributed by atoms with van der Waals surface area (Å²) in [7, 11) is -13.5. The summed E-state index contributed by atoms with van der Waals surface area (Å²) in [4.78, 5) is 24.0. The highest BCUT2D eigenvalue weighted by atomic mass is 35.7. The number of benzene rings is 3. The third kappa shape index (κ3) is 8.30. The number of rotatable bonds is 8. The number of nitrogens with zero attached hydrogens (tertiary/aromatic N) is 1. The van der Waals surface area contributed by atoms with E-state index in [0.29, 0.717) is 0 Å². The van der Waals surface area contributed by atoms with Gasteiger partial charge in [0.25, 0.3) is 16.0 Å². The van der Waals surface area contributed by atoms with Gasteiger partial charge in [0.2, 0.25) is 10.3 Å². The zero-order valence-corrected chi connectivity index (χ0v) is 25.3. The molecule has 0 unspecified atom stereocenters. The Kier molecular flexibility index (Phi) is 10.2.